The first-order valence-electron chi connectivity index (χ1n) is 5.78. The zero-order valence-electron chi connectivity index (χ0n) is 11.4. The third-order valence-electron chi connectivity index (χ3n) is 2.13. The minimum atomic E-state index is -0.339. The number of ether oxygens (including phenoxy) is 1. The molecule has 18 heavy (non-hydrogen) atoms. The Kier molecular flexibility index (Phi) is 7.71. The number of hydrogen-bond acceptors (Lipinski definition) is 4. The molecular weight excluding hydrogens is 232 g/mol. The molecular formula is C13H22N2O3. The molecule has 1 heterocycles. The van der Waals surface area contributed by atoms with Crippen molar-refractivity contribution in [3.8, 4) is 0 Å². The van der Waals surface area contributed by atoms with Crippen LogP contribution in [0.5, 0.6) is 0 Å². The number of nitrogens with zero attached hydrogens (tertiary/aromatic N) is 2. The number of likely N-dealkylation sites (tertiary alicyclic amines) is 1. The van der Waals surface area contributed by atoms with E-state index < -0.39 is 0 Å². The van der Waals surface area contributed by atoms with Crippen molar-refractivity contribution in [2.24, 2.45) is 0 Å². The Labute approximate surface area is 109 Å². The highest BCUT2D eigenvalue weighted by molar-refractivity contribution is 5.86. The Hall–Kier alpha value is -1.62. The molecule has 0 aromatic heterocycles. The molecule has 0 spiro atoms. The van der Waals surface area contributed by atoms with Gasteiger partial charge in [-0.15, -0.1) is 0 Å². The van der Waals surface area contributed by atoms with Gasteiger partial charge in [0.2, 0.25) is 5.91 Å². The minimum absolute atomic E-state index is 0.208. The molecule has 0 unspecified atom stereocenters. The highest BCUT2D eigenvalue weighted by Crippen LogP contribution is 2.08. The average molecular weight is 254 g/mol. The van der Waals surface area contributed by atoms with Gasteiger partial charge in [0.05, 0.1) is 0 Å². The summed E-state index contributed by atoms with van der Waals surface area (Å²) >= 11 is 0. The molecule has 0 aromatic rings. The first-order chi connectivity index (χ1) is 8.38. The predicted molar refractivity (Wildman–Crippen MR) is 70.6 cm³/mol. The Morgan fingerprint density at radius 2 is 2.17 bits per heavy atom. The Morgan fingerprint density at radius 1 is 1.56 bits per heavy atom. The summed E-state index contributed by atoms with van der Waals surface area (Å²) in [4.78, 5) is 24.8. The third-order valence-corrected chi connectivity index (χ3v) is 2.13. The summed E-state index contributed by atoms with van der Waals surface area (Å²) in [5.41, 5.74) is 0.432. The second-order valence-electron chi connectivity index (χ2n) is 4.29. The van der Waals surface area contributed by atoms with Gasteiger partial charge >= 0.3 is 5.97 Å². The topological polar surface area (TPSA) is 49.9 Å². The minimum Gasteiger partial charge on any atom is -0.446 e. The number of rotatable bonds is 4. The van der Waals surface area contributed by atoms with Crippen LogP contribution in [0.1, 0.15) is 19.8 Å². The van der Waals surface area contributed by atoms with Crippen molar-refractivity contribution in [2.75, 3.05) is 27.4 Å². The quantitative estimate of drug-likeness (QED) is 0.432. The van der Waals surface area contributed by atoms with Crippen LogP contribution in [0.25, 0.3) is 0 Å². The van der Waals surface area contributed by atoms with E-state index in [0.29, 0.717) is 18.7 Å². The lowest BCUT2D eigenvalue weighted by molar-refractivity contribution is -0.142. The summed E-state index contributed by atoms with van der Waals surface area (Å²) in [6.45, 7) is 9.74. The van der Waals surface area contributed by atoms with Crippen molar-refractivity contribution >= 4 is 11.9 Å². The van der Waals surface area contributed by atoms with Crippen molar-refractivity contribution in [1.29, 1.82) is 0 Å². The second kappa shape index (κ2) is 8.47. The van der Waals surface area contributed by atoms with Crippen molar-refractivity contribution in [1.82, 2.24) is 9.80 Å². The molecule has 1 amide bonds. The maximum atomic E-state index is 10.7. The Morgan fingerprint density at radius 3 is 2.44 bits per heavy atom. The van der Waals surface area contributed by atoms with Gasteiger partial charge in [0.25, 0.3) is 0 Å². The number of amides is 1. The van der Waals surface area contributed by atoms with Crippen molar-refractivity contribution in [3.63, 3.8) is 0 Å². The van der Waals surface area contributed by atoms with Gasteiger partial charge in [0.15, 0.2) is 0 Å². The molecule has 1 saturated heterocycles. The second-order valence-corrected chi connectivity index (χ2v) is 4.29. The van der Waals surface area contributed by atoms with E-state index >= 15 is 0 Å². The predicted octanol–water partition coefficient (Wildman–Crippen LogP) is 1.38. The van der Waals surface area contributed by atoms with E-state index in [4.69, 9.17) is 4.74 Å². The maximum Gasteiger partial charge on any atom is 0.334 e. The van der Waals surface area contributed by atoms with Gasteiger partial charge in [-0.1, -0.05) is 13.2 Å². The fraction of sp³-hybridized carbons (Fsp3) is 0.538. The summed E-state index contributed by atoms with van der Waals surface area (Å²) in [6.07, 6.45) is 3.28. The SMILES string of the molecule is C=C(C)C(=O)OCN(C)C.C=CN1CCCC1=O. The fourth-order valence-corrected chi connectivity index (χ4v) is 1.17. The van der Waals surface area contributed by atoms with Gasteiger partial charge < -0.3 is 9.64 Å². The van der Waals surface area contributed by atoms with Gasteiger partial charge in [-0.2, -0.15) is 0 Å². The smallest absolute Gasteiger partial charge is 0.334 e. The van der Waals surface area contributed by atoms with E-state index in [2.05, 4.69) is 13.2 Å². The zero-order chi connectivity index (χ0) is 14.1. The summed E-state index contributed by atoms with van der Waals surface area (Å²) in [6, 6.07) is 0. The van der Waals surface area contributed by atoms with Crippen LogP contribution in [-0.2, 0) is 14.3 Å². The van der Waals surface area contributed by atoms with Crippen LogP contribution in [0.3, 0.4) is 0 Å². The molecule has 5 nitrogen and oxygen atoms in total. The van der Waals surface area contributed by atoms with E-state index in [1.807, 2.05) is 14.1 Å². The van der Waals surface area contributed by atoms with Crippen molar-refractivity contribution < 1.29 is 14.3 Å². The zero-order valence-corrected chi connectivity index (χ0v) is 11.4. The summed E-state index contributed by atoms with van der Waals surface area (Å²) in [7, 11) is 3.65. The van der Waals surface area contributed by atoms with Gasteiger partial charge in [-0.05, 0) is 33.6 Å². The summed E-state index contributed by atoms with van der Waals surface area (Å²) < 4.78 is 4.75. The van der Waals surface area contributed by atoms with E-state index in [1.54, 1.807) is 22.9 Å². The van der Waals surface area contributed by atoms with E-state index in [9.17, 15) is 9.59 Å². The first-order valence-corrected chi connectivity index (χ1v) is 5.78. The number of hydrogen-bond donors (Lipinski definition) is 0. The van der Waals surface area contributed by atoms with Crippen LogP contribution >= 0.6 is 0 Å². The Bertz CT molecular complexity index is 324. The molecule has 0 saturated carbocycles. The van der Waals surface area contributed by atoms with E-state index in [0.717, 1.165) is 13.0 Å². The van der Waals surface area contributed by atoms with Crippen LogP contribution in [0.2, 0.25) is 0 Å². The Balaban J connectivity index is 0.000000327. The average Bonchev–Trinajstić information content (AvgIpc) is 2.72. The van der Waals surface area contributed by atoms with Crippen molar-refractivity contribution in [2.45, 2.75) is 19.8 Å². The molecule has 0 atom stereocenters. The van der Waals surface area contributed by atoms with Gasteiger partial charge in [0.1, 0.15) is 6.73 Å². The highest BCUT2D eigenvalue weighted by atomic mass is 16.5. The third kappa shape index (κ3) is 6.85. The molecule has 0 N–H and O–H groups in total. The molecule has 0 radical (unpaired) electrons. The number of carbonyl (C=O) groups excluding carboxylic acids is 2. The van der Waals surface area contributed by atoms with E-state index in [1.165, 1.54) is 0 Å². The molecule has 5 heteroatoms. The number of carbonyl (C=O) groups is 2. The lowest BCUT2D eigenvalue weighted by Crippen LogP contribution is -2.19. The first kappa shape index (κ1) is 16.4. The van der Waals surface area contributed by atoms with Crippen LogP contribution < -0.4 is 0 Å². The normalized spacial score (nSPS) is 14.0. The molecule has 1 rings (SSSR count). The molecule has 0 aromatic carbocycles. The lowest BCUT2D eigenvalue weighted by atomic mass is 10.4. The molecule has 0 aliphatic carbocycles. The lowest BCUT2D eigenvalue weighted by Gasteiger charge is -2.09. The summed E-state index contributed by atoms with van der Waals surface area (Å²) in [5.74, 6) is -0.131. The summed E-state index contributed by atoms with van der Waals surface area (Å²) in [5, 5.41) is 0. The molecule has 1 aliphatic rings. The van der Waals surface area contributed by atoms with Gasteiger partial charge in [0, 0.05) is 18.5 Å². The molecule has 102 valence electrons. The van der Waals surface area contributed by atoms with Crippen LogP contribution in [0.15, 0.2) is 24.9 Å². The van der Waals surface area contributed by atoms with Crippen LogP contribution in [0, 0.1) is 0 Å². The molecule has 0 bridgehead atoms. The van der Waals surface area contributed by atoms with Gasteiger partial charge in [-0.3, -0.25) is 9.69 Å². The fourth-order valence-electron chi connectivity index (χ4n) is 1.17. The number of esters is 1. The monoisotopic (exact) mass is 254 g/mol. The van der Waals surface area contributed by atoms with E-state index in [-0.39, 0.29) is 11.9 Å². The molecule has 1 aliphatic heterocycles. The highest BCUT2D eigenvalue weighted by Gasteiger charge is 2.15. The standard InChI is InChI=1S/C7H13NO2.C6H9NO/c1-6(2)7(9)10-5-8(3)4;1-2-7-5-3-4-6(7)8/h1,5H2,2-4H3;2H,1,3-5H2. The van der Waals surface area contributed by atoms with Crippen molar-refractivity contribution in [3.05, 3.63) is 24.9 Å². The molecule has 1 fully saturated rings. The van der Waals surface area contributed by atoms with Gasteiger partial charge in [-0.25, -0.2) is 4.79 Å². The maximum absolute atomic E-state index is 10.7. The largest absolute Gasteiger partial charge is 0.446 e. The van der Waals surface area contributed by atoms with Crippen LogP contribution in [0.4, 0.5) is 0 Å². The van der Waals surface area contributed by atoms with Crippen LogP contribution in [-0.4, -0.2) is 49.0 Å².